The Labute approximate surface area is 171 Å². The predicted molar refractivity (Wildman–Crippen MR) is 115 cm³/mol. The molecule has 1 aliphatic heterocycles. The number of anilines is 2. The number of rotatable bonds is 7. The molecule has 6 nitrogen and oxygen atoms in total. The lowest BCUT2D eigenvalue weighted by atomic mass is 10.2. The van der Waals surface area contributed by atoms with E-state index in [0.29, 0.717) is 5.69 Å². The standard InChI is InChI=1S/C20H23ClN4O2S/c1-3-11-23-12-14-24(15-13-23)20-10-7-18(16-22-20)25(21)28(26,27)19-8-5-17(4-2)6-9-19/h3-10,16H,1-2,11-15H2. The van der Waals surface area contributed by atoms with Gasteiger partial charge in [-0.05, 0) is 29.8 Å². The van der Waals surface area contributed by atoms with Crippen LogP contribution in [0, 0.1) is 0 Å². The van der Waals surface area contributed by atoms with Gasteiger partial charge < -0.3 is 4.90 Å². The molecule has 0 saturated carbocycles. The summed E-state index contributed by atoms with van der Waals surface area (Å²) < 4.78 is 26.2. The fourth-order valence-electron chi connectivity index (χ4n) is 3.02. The summed E-state index contributed by atoms with van der Waals surface area (Å²) in [6.45, 7) is 11.9. The van der Waals surface area contributed by atoms with Crippen LogP contribution in [0.25, 0.3) is 6.08 Å². The molecule has 0 radical (unpaired) electrons. The van der Waals surface area contributed by atoms with Crippen LogP contribution in [0.5, 0.6) is 0 Å². The number of halogens is 1. The van der Waals surface area contributed by atoms with Crippen LogP contribution in [0.15, 0.2) is 66.7 Å². The maximum atomic E-state index is 12.7. The van der Waals surface area contributed by atoms with Gasteiger partial charge in [-0.25, -0.2) is 4.98 Å². The normalized spacial score (nSPS) is 15.2. The highest BCUT2D eigenvalue weighted by Crippen LogP contribution is 2.27. The Bertz CT molecular complexity index is 922. The summed E-state index contributed by atoms with van der Waals surface area (Å²) in [6.07, 6.45) is 5.03. The third kappa shape index (κ3) is 4.38. The zero-order valence-corrected chi connectivity index (χ0v) is 17.1. The van der Waals surface area contributed by atoms with Gasteiger partial charge >= 0.3 is 0 Å². The third-order valence-corrected chi connectivity index (χ3v) is 6.88. The molecule has 0 N–H and O–H groups in total. The van der Waals surface area contributed by atoms with E-state index in [2.05, 4.69) is 27.9 Å². The second kappa shape index (κ2) is 8.77. The first-order valence-corrected chi connectivity index (χ1v) is 10.7. The van der Waals surface area contributed by atoms with Crippen molar-refractivity contribution in [3.63, 3.8) is 0 Å². The molecule has 1 aliphatic rings. The lowest BCUT2D eigenvalue weighted by molar-refractivity contribution is 0.283. The molecule has 2 aromatic rings. The average Bonchev–Trinajstić information content (AvgIpc) is 2.74. The Morgan fingerprint density at radius 1 is 1.07 bits per heavy atom. The van der Waals surface area contributed by atoms with Gasteiger partial charge in [0, 0.05) is 44.5 Å². The zero-order chi connectivity index (χ0) is 20.1. The number of aromatic nitrogens is 1. The van der Waals surface area contributed by atoms with Crippen LogP contribution in [0.4, 0.5) is 11.5 Å². The Hall–Kier alpha value is -2.35. The number of pyridine rings is 1. The first-order chi connectivity index (χ1) is 13.5. The van der Waals surface area contributed by atoms with E-state index in [1.54, 1.807) is 30.3 Å². The fraction of sp³-hybridized carbons (Fsp3) is 0.250. The van der Waals surface area contributed by atoms with Crippen molar-refractivity contribution in [3.8, 4) is 0 Å². The van der Waals surface area contributed by atoms with E-state index in [1.807, 2.05) is 6.08 Å². The number of hydrogen-bond donors (Lipinski definition) is 0. The van der Waals surface area contributed by atoms with Gasteiger partial charge in [-0.1, -0.05) is 30.9 Å². The van der Waals surface area contributed by atoms with Crippen molar-refractivity contribution in [3.05, 3.63) is 67.4 Å². The predicted octanol–water partition coefficient (Wildman–Crippen LogP) is 3.38. The quantitative estimate of drug-likeness (QED) is 0.509. The van der Waals surface area contributed by atoms with Gasteiger partial charge in [-0.3, -0.25) is 4.90 Å². The maximum absolute atomic E-state index is 12.7. The summed E-state index contributed by atoms with van der Waals surface area (Å²) in [5.41, 5.74) is 1.13. The van der Waals surface area contributed by atoms with Crippen molar-refractivity contribution >= 4 is 39.4 Å². The van der Waals surface area contributed by atoms with Crippen LogP contribution in [0.3, 0.4) is 0 Å². The van der Waals surface area contributed by atoms with Gasteiger partial charge in [0.2, 0.25) is 0 Å². The molecule has 0 amide bonds. The van der Waals surface area contributed by atoms with Gasteiger partial charge in [0.15, 0.2) is 0 Å². The molecule has 1 fully saturated rings. The summed E-state index contributed by atoms with van der Waals surface area (Å²) in [5, 5.41) is 0. The number of nitrogens with zero attached hydrogens (tertiary/aromatic N) is 4. The molecule has 28 heavy (non-hydrogen) atoms. The van der Waals surface area contributed by atoms with E-state index < -0.39 is 10.0 Å². The van der Waals surface area contributed by atoms with E-state index in [4.69, 9.17) is 11.8 Å². The molecule has 1 aromatic heterocycles. The molecule has 8 heteroatoms. The average molecular weight is 419 g/mol. The van der Waals surface area contributed by atoms with Crippen molar-refractivity contribution in [2.45, 2.75) is 4.90 Å². The first-order valence-electron chi connectivity index (χ1n) is 8.93. The number of sulfonamides is 1. The third-order valence-electron chi connectivity index (χ3n) is 4.64. The summed E-state index contributed by atoms with van der Waals surface area (Å²) in [6, 6.07) is 9.83. The summed E-state index contributed by atoms with van der Waals surface area (Å²) in [4.78, 5) is 9.01. The largest absolute Gasteiger partial charge is 0.354 e. The van der Waals surface area contributed by atoms with Crippen molar-refractivity contribution in [1.29, 1.82) is 0 Å². The van der Waals surface area contributed by atoms with E-state index in [-0.39, 0.29) is 4.90 Å². The zero-order valence-electron chi connectivity index (χ0n) is 15.5. The van der Waals surface area contributed by atoms with Crippen LogP contribution < -0.4 is 8.72 Å². The Morgan fingerprint density at radius 3 is 2.29 bits per heavy atom. The molecule has 3 rings (SSSR count). The lowest BCUT2D eigenvalue weighted by Gasteiger charge is -2.34. The maximum Gasteiger partial charge on any atom is 0.278 e. The molecule has 148 valence electrons. The molecule has 0 spiro atoms. The van der Waals surface area contributed by atoms with Gasteiger partial charge in [-0.2, -0.15) is 12.2 Å². The minimum absolute atomic E-state index is 0.107. The van der Waals surface area contributed by atoms with Crippen LogP contribution in [0.1, 0.15) is 5.56 Å². The van der Waals surface area contributed by atoms with Crippen molar-refractivity contribution in [2.75, 3.05) is 41.4 Å². The number of piperazine rings is 1. The number of benzene rings is 1. The van der Waals surface area contributed by atoms with E-state index >= 15 is 0 Å². The first kappa shape index (κ1) is 20.4. The van der Waals surface area contributed by atoms with Crippen LogP contribution in [0.2, 0.25) is 0 Å². The molecular formula is C20H23ClN4O2S. The molecule has 1 aromatic carbocycles. The highest BCUT2D eigenvalue weighted by Gasteiger charge is 2.24. The molecule has 1 saturated heterocycles. The van der Waals surface area contributed by atoms with Crippen LogP contribution in [-0.4, -0.2) is 51.0 Å². The van der Waals surface area contributed by atoms with E-state index in [1.165, 1.54) is 18.3 Å². The van der Waals surface area contributed by atoms with E-state index in [9.17, 15) is 8.42 Å². The van der Waals surface area contributed by atoms with E-state index in [0.717, 1.165) is 47.9 Å². The minimum atomic E-state index is -3.87. The lowest BCUT2D eigenvalue weighted by Crippen LogP contribution is -2.46. The minimum Gasteiger partial charge on any atom is -0.354 e. The van der Waals surface area contributed by atoms with Gasteiger partial charge in [0.05, 0.1) is 16.8 Å². The Morgan fingerprint density at radius 2 is 1.75 bits per heavy atom. The smallest absolute Gasteiger partial charge is 0.278 e. The molecule has 0 aliphatic carbocycles. The van der Waals surface area contributed by atoms with Crippen molar-refractivity contribution in [1.82, 2.24) is 9.88 Å². The second-order valence-electron chi connectivity index (χ2n) is 6.44. The van der Waals surface area contributed by atoms with Crippen LogP contribution in [-0.2, 0) is 10.0 Å². The van der Waals surface area contributed by atoms with Gasteiger partial charge in [-0.15, -0.1) is 6.58 Å². The topological polar surface area (TPSA) is 56.8 Å². The fourth-order valence-corrected chi connectivity index (χ4v) is 4.41. The summed E-state index contributed by atoms with van der Waals surface area (Å²) >= 11 is 6.15. The monoisotopic (exact) mass is 418 g/mol. The highest BCUT2D eigenvalue weighted by molar-refractivity contribution is 7.94. The second-order valence-corrected chi connectivity index (χ2v) is 8.77. The van der Waals surface area contributed by atoms with Crippen molar-refractivity contribution < 1.29 is 8.42 Å². The van der Waals surface area contributed by atoms with Gasteiger partial charge in [0.1, 0.15) is 5.82 Å². The molecule has 0 atom stereocenters. The van der Waals surface area contributed by atoms with Gasteiger partial charge in [0.25, 0.3) is 10.0 Å². The summed E-state index contributed by atoms with van der Waals surface area (Å²) in [5.74, 6) is 0.805. The SMILES string of the molecule is C=CCN1CCN(c2ccc(N(Cl)S(=O)(=O)c3ccc(C=C)cc3)cn2)CC1. The molecule has 0 bridgehead atoms. The highest BCUT2D eigenvalue weighted by atomic mass is 35.5. The molecule has 2 heterocycles. The molecule has 0 unspecified atom stereocenters. The van der Waals surface area contributed by atoms with Crippen LogP contribution >= 0.6 is 11.8 Å². The Balaban J connectivity index is 1.71. The Kier molecular flexibility index (Phi) is 6.39. The van der Waals surface area contributed by atoms with Crippen molar-refractivity contribution in [2.24, 2.45) is 0 Å². The molecular weight excluding hydrogens is 396 g/mol. The number of hydrogen-bond acceptors (Lipinski definition) is 5. The summed E-state index contributed by atoms with van der Waals surface area (Å²) in [7, 11) is -3.87.